The zero-order valence-corrected chi connectivity index (χ0v) is 18.0. The van der Waals surface area contributed by atoms with Crippen LogP contribution in [0, 0.1) is 5.92 Å². The van der Waals surface area contributed by atoms with Gasteiger partial charge in [0.1, 0.15) is 6.10 Å². The summed E-state index contributed by atoms with van der Waals surface area (Å²) in [6.45, 7) is 10.1. The SMILES string of the molecule is CC(C)(C)N1CCC(C(OCC(C)(C)N2CCC(F)(F)C(O)C2)C(F)(F)F)CC1. The minimum atomic E-state index is -4.49. The Morgan fingerprint density at radius 1 is 1.00 bits per heavy atom. The maximum atomic E-state index is 13.7. The first-order valence-electron chi connectivity index (χ1n) is 10.3. The van der Waals surface area contributed by atoms with Gasteiger partial charge in [0.2, 0.25) is 0 Å². The van der Waals surface area contributed by atoms with Gasteiger partial charge in [0.15, 0.2) is 6.10 Å². The topological polar surface area (TPSA) is 35.9 Å². The van der Waals surface area contributed by atoms with Crippen molar-refractivity contribution in [1.29, 1.82) is 0 Å². The number of hydrogen-bond acceptors (Lipinski definition) is 4. The van der Waals surface area contributed by atoms with Crippen LogP contribution in [0.1, 0.15) is 53.9 Å². The van der Waals surface area contributed by atoms with E-state index in [4.69, 9.17) is 4.74 Å². The number of nitrogens with zero attached hydrogens (tertiary/aromatic N) is 2. The lowest BCUT2D eigenvalue weighted by Gasteiger charge is -2.46. The molecule has 0 aliphatic carbocycles. The van der Waals surface area contributed by atoms with E-state index in [0.29, 0.717) is 25.9 Å². The first-order chi connectivity index (χ1) is 13.0. The van der Waals surface area contributed by atoms with Crippen molar-refractivity contribution in [1.82, 2.24) is 9.80 Å². The third-order valence-corrected chi connectivity index (χ3v) is 6.31. The van der Waals surface area contributed by atoms with E-state index in [2.05, 4.69) is 4.90 Å². The highest BCUT2D eigenvalue weighted by atomic mass is 19.4. The number of piperidine rings is 2. The molecule has 172 valence electrons. The Bertz CT molecular complexity index is 540. The highest BCUT2D eigenvalue weighted by molar-refractivity contribution is 4.94. The fourth-order valence-electron chi connectivity index (χ4n) is 4.19. The predicted octanol–water partition coefficient (Wildman–Crippen LogP) is 3.92. The molecule has 0 aromatic carbocycles. The monoisotopic (exact) mass is 430 g/mol. The molecule has 29 heavy (non-hydrogen) atoms. The van der Waals surface area contributed by atoms with Crippen molar-refractivity contribution in [3.8, 4) is 0 Å². The number of hydrogen-bond donors (Lipinski definition) is 1. The van der Waals surface area contributed by atoms with E-state index in [9.17, 15) is 27.1 Å². The molecule has 4 nitrogen and oxygen atoms in total. The number of ether oxygens (including phenoxy) is 1. The van der Waals surface area contributed by atoms with Crippen LogP contribution in [0.5, 0.6) is 0 Å². The molecule has 2 aliphatic rings. The van der Waals surface area contributed by atoms with Gasteiger partial charge in [-0.25, -0.2) is 8.78 Å². The van der Waals surface area contributed by atoms with Gasteiger partial charge in [0.05, 0.1) is 6.61 Å². The number of halogens is 5. The summed E-state index contributed by atoms with van der Waals surface area (Å²) in [5.74, 6) is -3.79. The largest absolute Gasteiger partial charge is 0.414 e. The molecule has 2 saturated heterocycles. The standard InChI is InChI=1S/C20H35F5N2O2/c1-17(2,3)26-9-6-14(7-10-26)16(20(23,24)25)29-13-18(4,5)27-11-8-19(21,22)15(28)12-27/h14-16,28H,6-13H2,1-5H3. The maximum Gasteiger partial charge on any atom is 0.414 e. The Labute approximate surface area is 170 Å². The summed E-state index contributed by atoms with van der Waals surface area (Å²) in [7, 11) is 0. The molecule has 0 aromatic rings. The molecule has 0 radical (unpaired) electrons. The fraction of sp³-hybridized carbons (Fsp3) is 1.00. The molecule has 0 spiro atoms. The molecule has 0 aromatic heterocycles. The van der Waals surface area contributed by atoms with E-state index in [1.165, 1.54) is 0 Å². The minimum absolute atomic E-state index is 0.00107. The van der Waals surface area contributed by atoms with Crippen molar-refractivity contribution in [2.75, 3.05) is 32.8 Å². The van der Waals surface area contributed by atoms with Crippen LogP contribution in [0.3, 0.4) is 0 Å². The van der Waals surface area contributed by atoms with Gasteiger partial charge >= 0.3 is 6.18 Å². The van der Waals surface area contributed by atoms with Crippen LogP contribution in [-0.4, -0.2) is 83.1 Å². The van der Waals surface area contributed by atoms with Crippen LogP contribution in [-0.2, 0) is 4.74 Å². The van der Waals surface area contributed by atoms with Crippen LogP contribution in [0.15, 0.2) is 0 Å². The molecule has 9 heteroatoms. The lowest BCUT2D eigenvalue weighted by molar-refractivity contribution is -0.249. The smallest absolute Gasteiger partial charge is 0.386 e. The van der Waals surface area contributed by atoms with Crippen LogP contribution < -0.4 is 0 Å². The van der Waals surface area contributed by atoms with E-state index in [0.717, 1.165) is 0 Å². The predicted molar refractivity (Wildman–Crippen MR) is 101 cm³/mol. The van der Waals surface area contributed by atoms with Gasteiger partial charge in [-0.05, 0) is 66.5 Å². The molecule has 0 bridgehead atoms. The molecule has 2 heterocycles. The zero-order chi connectivity index (χ0) is 22.3. The molecule has 0 amide bonds. The Morgan fingerprint density at radius 3 is 2.00 bits per heavy atom. The third kappa shape index (κ3) is 6.24. The summed E-state index contributed by atoms with van der Waals surface area (Å²) in [4.78, 5) is 3.76. The number of likely N-dealkylation sites (tertiary alicyclic amines) is 2. The van der Waals surface area contributed by atoms with Crippen LogP contribution >= 0.6 is 0 Å². The molecule has 2 unspecified atom stereocenters. The van der Waals surface area contributed by atoms with E-state index in [1.54, 1.807) is 18.7 Å². The molecule has 1 N–H and O–H groups in total. The van der Waals surface area contributed by atoms with Gasteiger partial charge in [0, 0.05) is 30.6 Å². The molecular weight excluding hydrogens is 395 g/mol. The summed E-state index contributed by atoms with van der Waals surface area (Å²) >= 11 is 0. The molecule has 2 rings (SSSR count). The Kier molecular flexibility index (Phi) is 7.30. The molecule has 2 aliphatic heterocycles. The summed E-state index contributed by atoms with van der Waals surface area (Å²) in [5, 5.41) is 9.65. The quantitative estimate of drug-likeness (QED) is 0.671. The molecule has 0 saturated carbocycles. The first-order valence-corrected chi connectivity index (χ1v) is 10.3. The zero-order valence-electron chi connectivity index (χ0n) is 18.0. The second-order valence-electron chi connectivity index (χ2n) is 10.1. The number of alkyl halides is 5. The van der Waals surface area contributed by atoms with E-state index in [-0.39, 0.29) is 25.2 Å². The average Bonchev–Trinajstić information content (AvgIpc) is 2.55. The van der Waals surface area contributed by atoms with Gasteiger partial charge in [0.25, 0.3) is 5.92 Å². The highest BCUT2D eigenvalue weighted by Crippen LogP contribution is 2.37. The summed E-state index contributed by atoms with van der Waals surface area (Å²) in [5.41, 5.74) is -0.980. The third-order valence-electron chi connectivity index (χ3n) is 6.31. The van der Waals surface area contributed by atoms with Crippen LogP contribution in [0.2, 0.25) is 0 Å². The first kappa shape index (κ1) is 24.8. The number of rotatable bonds is 5. The molecular formula is C20H35F5N2O2. The van der Waals surface area contributed by atoms with Gasteiger partial charge in [-0.3, -0.25) is 9.80 Å². The van der Waals surface area contributed by atoms with Gasteiger partial charge in [-0.15, -0.1) is 0 Å². The summed E-state index contributed by atoms with van der Waals surface area (Å²) < 4.78 is 73.6. The van der Waals surface area contributed by atoms with Crippen molar-refractivity contribution in [3.05, 3.63) is 0 Å². The van der Waals surface area contributed by atoms with Crippen molar-refractivity contribution in [2.24, 2.45) is 5.92 Å². The van der Waals surface area contributed by atoms with E-state index >= 15 is 0 Å². The number of aliphatic hydroxyl groups excluding tert-OH is 1. The lowest BCUT2D eigenvalue weighted by atomic mass is 9.88. The maximum absolute atomic E-state index is 13.7. The van der Waals surface area contributed by atoms with Gasteiger partial charge < -0.3 is 9.84 Å². The lowest BCUT2D eigenvalue weighted by Crippen LogP contribution is -2.59. The highest BCUT2D eigenvalue weighted by Gasteiger charge is 2.49. The molecule has 2 atom stereocenters. The van der Waals surface area contributed by atoms with E-state index in [1.807, 2.05) is 20.8 Å². The van der Waals surface area contributed by atoms with Gasteiger partial charge in [-0.2, -0.15) is 13.2 Å². The van der Waals surface area contributed by atoms with Gasteiger partial charge in [-0.1, -0.05) is 0 Å². The van der Waals surface area contributed by atoms with Crippen molar-refractivity contribution in [2.45, 2.75) is 89.3 Å². The molecule has 2 fully saturated rings. The van der Waals surface area contributed by atoms with Crippen molar-refractivity contribution < 1.29 is 31.8 Å². The van der Waals surface area contributed by atoms with Crippen LogP contribution in [0.25, 0.3) is 0 Å². The second-order valence-corrected chi connectivity index (χ2v) is 10.1. The summed E-state index contributed by atoms with van der Waals surface area (Å²) in [6.07, 6.45) is -7.91. The number of aliphatic hydroxyl groups is 1. The van der Waals surface area contributed by atoms with Crippen LogP contribution in [0.4, 0.5) is 22.0 Å². The fourth-order valence-corrected chi connectivity index (χ4v) is 4.19. The number of β-amino-alcohol motifs (C(OH)–C–C–N with tert-alkyl or cyclic N) is 1. The Morgan fingerprint density at radius 2 is 1.55 bits per heavy atom. The van der Waals surface area contributed by atoms with Crippen molar-refractivity contribution in [3.63, 3.8) is 0 Å². The average molecular weight is 431 g/mol. The second kappa shape index (κ2) is 8.55. The van der Waals surface area contributed by atoms with E-state index < -0.39 is 42.2 Å². The van der Waals surface area contributed by atoms with Crippen molar-refractivity contribution >= 4 is 0 Å². The Hall–Kier alpha value is -0.510. The Balaban J connectivity index is 1.99. The summed E-state index contributed by atoms with van der Waals surface area (Å²) in [6, 6.07) is 0. The normalized spacial score (nSPS) is 27.2. The minimum Gasteiger partial charge on any atom is -0.386 e.